The minimum atomic E-state index is -0.473. The summed E-state index contributed by atoms with van der Waals surface area (Å²) in [5.41, 5.74) is 3.11. The molecule has 108 valence electrons. The number of hydrogen-bond donors (Lipinski definition) is 1. The Balaban J connectivity index is 1.73. The molecule has 1 unspecified atom stereocenters. The van der Waals surface area contributed by atoms with Crippen LogP contribution in [-0.2, 0) is 11.2 Å². The topological polar surface area (TPSA) is 41.8 Å². The number of aliphatic hydroxyl groups is 1. The molecule has 0 amide bonds. The molecule has 3 nitrogen and oxygen atoms in total. The normalized spacial score (nSPS) is 21.0. The molecule has 1 aliphatic rings. The fraction of sp³-hybridized carbons (Fsp3) is 0.278. The molecule has 0 spiro atoms. The quantitative estimate of drug-likeness (QED) is 0.935. The Labute approximate surface area is 124 Å². The molecule has 2 aromatic carbocycles. The van der Waals surface area contributed by atoms with Crippen molar-refractivity contribution >= 4 is 5.90 Å². The van der Waals surface area contributed by atoms with Crippen molar-refractivity contribution in [1.29, 1.82) is 0 Å². The van der Waals surface area contributed by atoms with Gasteiger partial charge in [0, 0.05) is 6.42 Å². The molecule has 1 heterocycles. The summed E-state index contributed by atoms with van der Waals surface area (Å²) in [7, 11) is 0. The van der Waals surface area contributed by atoms with Gasteiger partial charge in [-0.1, -0.05) is 54.6 Å². The van der Waals surface area contributed by atoms with Crippen LogP contribution in [0, 0.1) is 0 Å². The molecule has 3 heteroatoms. The highest BCUT2D eigenvalue weighted by Gasteiger charge is 2.30. The first-order chi connectivity index (χ1) is 10.2. The second-order valence-corrected chi connectivity index (χ2v) is 5.69. The van der Waals surface area contributed by atoms with Crippen molar-refractivity contribution in [3.8, 4) is 11.1 Å². The van der Waals surface area contributed by atoms with E-state index in [0.717, 1.165) is 5.56 Å². The van der Waals surface area contributed by atoms with Crippen LogP contribution in [0.3, 0.4) is 0 Å². The van der Waals surface area contributed by atoms with Gasteiger partial charge in [0.05, 0.1) is 6.61 Å². The third kappa shape index (κ3) is 3.14. The van der Waals surface area contributed by atoms with Crippen molar-refractivity contribution in [2.24, 2.45) is 4.99 Å². The molecule has 21 heavy (non-hydrogen) atoms. The zero-order valence-corrected chi connectivity index (χ0v) is 12.1. The summed E-state index contributed by atoms with van der Waals surface area (Å²) in [4.78, 5) is 4.46. The minimum absolute atomic E-state index is 0.0173. The van der Waals surface area contributed by atoms with Crippen LogP contribution in [0.15, 0.2) is 59.6 Å². The van der Waals surface area contributed by atoms with Gasteiger partial charge < -0.3 is 9.84 Å². The van der Waals surface area contributed by atoms with Crippen LogP contribution in [0.25, 0.3) is 11.1 Å². The van der Waals surface area contributed by atoms with Gasteiger partial charge in [-0.25, -0.2) is 4.99 Å². The van der Waals surface area contributed by atoms with E-state index in [0.29, 0.717) is 18.9 Å². The first-order valence-electron chi connectivity index (χ1n) is 7.15. The van der Waals surface area contributed by atoms with Crippen molar-refractivity contribution in [2.75, 3.05) is 13.2 Å². The van der Waals surface area contributed by atoms with Crippen LogP contribution >= 0.6 is 0 Å². The molecule has 0 saturated heterocycles. The van der Waals surface area contributed by atoms with Crippen molar-refractivity contribution < 1.29 is 9.84 Å². The Morgan fingerprint density at radius 1 is 1.05 bits per heavy atom. The minimum Gasteiger partial charge on any atom is -0.478 e. The molecule has 1 aliphatic heterocycles. The Morgan fingerprint density at radius 3 is 2.33 bits per heavy atom. The standard InChI is InChI=1S/C18H19NO2/c1-18(12-20)13-21-17(19-18)11-14-7-9-16(10-8-14)15-5-3-2-4-6-15/h2-10,20H,11-13H2,1H3. The average Bonchev–Trinajstić information content (AvgIpc) is 2.91. The highest BCUT2D eigenvalue weighted by atomic mass is 16.5. The molecule has 0 saturated carbocycles. The predicted octanol–water partition coefficient (Wildman–Crippen LogP) is 3.08. The molecule has 0 fully saturated rings. The molecule has 0 aromatic heterocycles. The van der Waals surface area contributed by atoms with Gasteiger partial charge in [0.25, 0.3) is 0 Å². The highest BCUT2D eigenvalue weighted by Crippen LogP contribution is 2.22. The molecule has 0 radical (unpaired) electrons. The van der Waals surface area contributed by atoms with E-state index in [1.165, 1.54) is 11.1 Å². The lowest BCUT2D eigenvalue weighted by Gasteiger charge is -2.12. The third-order valence-corrected chi connectivity index (χ3v) is 3.70. The summed E-state index contributed by atoms with van der Waals surface area (Å²) in [6.07, 6.45) is 0.671. The number of rotatable bonds is 4. The zero-order valence-electron chi connectivity index (χ0n) is 12.1. The lowest BCUT2D eigenvalue weighted by Crippen LogP contribution is -2.28. The van der Waals surface area contributed by atoms with Gasteiger partial charge in [-0.05, 0) is 23.6 Å². The molecule has 1 N–H and O–H groups in total. The summed E-state index contributed by atoms with van der Waals surface area (Å²) in [6, 6.07) is 18.7. The summed E-state index contributed by atoms with van der Waals surface area (Å²) in [5.74, 6) is 0.707. The smallest absolute Gasteiger partial charge is 0.188 e. The van der Waals surface area contributed by atoms with Crippen molar-refractivity contribution in [1.82, 2.24) is 0 Å². The van der Waals surface area contributed by atoms with Gasteiger partial charge >= 0.3 is 0 Å². The van der Waals surface area contributed by atoms with E-state index >= 15 is 0 Å². The number of benzene rings is 2. The van der Waals surface area contributed by atoms with Crippen LogP contribution in [0.4, 0.5) is 0 Å². The SMILES string of the molecule is CC1(CO)COC(Cc2ccc(-c3ccccc3)cc2)=N1. The molecule has 0 aliphatic carbocycles. The summed E-state index contributed by atoms with van der Waals surface area (Å²) in [6.45, 7) is 2.38. The molecule has 1 atom stereocenters. The number of ether oxygens (including phenoxy) is 1. The summed E-state index contributed by atoms with van der Waals surface area (Å²) in [5, 5.41) is 9.28. The zero-order chi connectivity index (χ0) is 14.7. The van der Waals surface area contributed by atoms with E-state index in [2.05, 4.69) is 41.4 Å². The first kappa shape index (κ1) is 13.8. The third-order valence-electron chi connectivity index (χ3n) is 3.70. The summed E-state index contributed by atoms with van der Waals surface area (Å²) >= 11 is 0. The van der Waals surface area contributed by atoms with Crippen LogP contribution < -0.4 is 0 Å². The molecule has 0 bridgehead atoms. The second-order valence-electron chi connectivity index (χ2n) is 5.69. The van der Waals surface area contributed by atoms with Crippen molar-refractivity contribution in [3.05, 3.63) is 60.2 Å². The van der Waals surface area contributed by atoms with Crippen LogP contribution in [-0.4, -0.2) is 29.8 Å². The molecule has 2 aromatic rings. The maximum absolute atomic E-state index is 9.28. The van der Waals surface area contributed by atoms with E-state index < -0.39 is 5.54 Å². The monoisotopic (exact) mass is 281 g/mol. The van der Waals surface area contributed by atoms with E-state index in [4.69, 9.17) is 4.74 Å². The van der Waals surface area contributed by atoms with E-state index in [9.17, 15) is 5.11 Å². The first-order valence-corrected chi connectivity index (χ1v) is 7.15. The molecule has 3 rings (SSSR count). The Morgan fingerprint density at radius 2 is 1.71 bits per heavy atom. The Hall–Kier alpha value is -2.13. The fourth-order valence-electron chi connectivity index (χ4n) is 2.40. The molecular weight excluding hydrogens is 262 g/mol. The number of nitrogens with zero attached hydrogens (tertiary/aromatic N) is 1. The average molecular weight is 281 g/mol. The van der Waals surface area contributed by atoms with Crippen LogP contribution in [0.1, 0.15) is 12.5 Å². The lowest BCUT2D eigenvalue weighted by atomic mass is 10.0. The van der Waals surface area contributed by atoms with Crippen molar-refractivity contribution in [3.63, 3.8) is 0 Å². The highest BCUT2D eigenvalue weighted by molar-refractivity contribution is 5.81. The maximum atomic E-state index is 9.28. The fourth-order valence-corrected chi connectivity index (χ4v) is 2.40. The largest absolute Gasteiger partial charge is 0.478 e. The maximum Gasteiger partial charge on any atom is 0.188 e. The van der Waals surface area contributed by atoms with Gasteiger partial charge in [-0.3, -0.25) is 0 Å². The van der Waals surface area contributed by atoms with Crippen molar-refractivity contribution in [2.45, 2.75) is 18.9 Å². The van der Waals surface area contributed by atoms with Gasteiger partial charge in [-0.15, -0.1) is 0 Å². The van der Waals surface area contributed by atoms with Crippen LogP contribution in [0.5, 0.6) is 0 Å². The second kappa shape index (κ2) is 5.70. The Kier molecular flexibility index (Phi) is 3.76. The van der Waals surface area contributed by atoms with Gasteiger partial charge in [-0.2, -0.15) is 0 Å². The van der Waals surface area contributed by atoms with E-state index in [1.807, 2.05) is 25.1 Å². The number of hydrogen-bond acceptors (Lipinski definition) is 3. The Bertz CT molecular complexity index is 634. The summed E-state index contributed by atoms with van der Waals surface area (Å²) < 4.78 is 5.57. The molecular formula is C18H19NO2. The van der Waals surface area contributed by atoms with Crippen LogP contribution in [0.2, 0.25) is 0 Å². The van der Waals surface area contributed by atoms with E-state index in [-0.39, 0.29) is 6.61 Å². The number of aliphatic imine (C=N–C) groups is 1. The van der Waals surface area contributed by atoms with Gasteiger partial charge in [0.15, 0.2) is 5.90 Å². The lowest BCUT2D eigenvalue weighted by molar-refractivity contribution is 0.169. The van der Waals surface area contributed by atoms with Gasteiger partial charge in [0.2, 0.25) is 0 Å². The van der Waals surface area contributed by atoms with Gasteiger partial charge in [0.1, 0.15) is 12.1 Å². The predicted molar refractivity (Wildman–Crippen MR) is 84.5 cm³/mol. The number of aliphatic hydroxyl groups excluding tert-OH is 1. The van der Waals surface area contributed by atoms with E-state index in [1.54, 1.807) is 0 Å².